The first kappa shape index (κ1) is 20.9. The molecule has 2 fully saturated rings. The van der Waals surface area contributed by atoms with Gasteiger partial charge in [-0.3, -0.25) is 0 Å². The molecule has 2 rings (SSSR count). The van der Waals surface area contributed by atoms with Crippen molar-refractivity contribution in [2.75, 3.05) is 19.8 Å². The van der Waals surface area contributed by atoms with Gasteiger partial charge in [0.25, 0.3) is 0 Å². The largest absolute Gasteiger partial charge is 0.396 e. The van der Waals surface area contributed by atoms with Crippen LogP contribution < -0.4 is 0 Å². The molecule has 0 radical (unpaired) electrons. The summed E-state index contributed by atoms with van der Waals surface area (Å²) in [5, 5.41) is 19.1. The average Bonchev–Trinajstić information content (AvgIpc) is 2.78. The van der Waals surface area contributed by atoms with Crippen LogP contribution in [0.25, 0.3) is 0 Å². The second-order valence-electron chi connectivity index (χ2n) is 6.94. The fourth-order valence-corrected chi connectivity index (χ4v) is 4.10. The molecule has 1 aliphatic heterocycles. The summed E-state index contributed by atoms with van der Waals surface area (Å²) < 4.78 is 11.5. The van der Waals surface area contributed by atoms with Gasteiger partial charge >= 0.3 is 0 Å². The van der Waals surface area contributed by atoms with Gasteiger partial charge in [0, 0.05) is 12.5 Å². The van der Waals surface area contributed by atoms with Crippen molar-refractivity contribution in [3.8, 4) is 0 Å². The van der Waals surface area contributed by atoms with Crippen LogP contribution in [-0.2, 0) is 9.47 Å². The Labute approximate surface area is 142 Å². The third kappa shape index (κ3) is 6.33. The predicted octanol–water partition coefficient (Wildman–Crippen LogP) is 3.60. The molecule has 138 valence electrons. The van der Waals surface area contributed by atoms with Gasteiger partial charge in [-0.1, -0.05) is 33.6 Å². The standard InChI is InChI=1S/C17H32O4.C2H6/c1-12-7-8-14-5-3-6-15(16(14)11-21-12)13(2)17(19)20-10-4-9-18;1-2/h12-19H,3-11H2,1-2H3;1-2H3. The molecular formula is C19H38O4. The van der Waals surface area contributed by atoms with Gasteiger partial charge in [-0.25, -0.2) is 0 Å². The molecule has 0 bridgehead atoms. The van der Waals surface area contributed by atoms with Crippen molar-refractivity contribution in [1.82, 2.24) is 0 Å². The average molecular weight is 331 g/mol. The van der Waals surface area contributed by atoms with E-state index in [4.69, 9.17) is 14.6 Å². The Morgan fingerprint density at radius 3 is 2.61 bits per heavy atom. The monoisotopic (exact) mass is 330 g/mol. The first-order valence-corrected chi connectivity index (χ1v) is 9.65. The fraction of sp³-hybridized carbons (Fsp3) is 1.00. The topological polar surface area (TPSA) is 58.9 Å². The summed E-state index contributed by atoms with van der Waals surface area (Å²) in [6.45, 7) is 9.65. The zero-order valence-corrected chi connectivity index (χ0v) is 15.5. The van der Waals surface area contributed by atoms with Crippen LogP contribution in [0.1, 0.15) is 66.2 Å². The second kappa shape index (κ2) is 11.4. The smallest absolute Gasteiger partial charge is 0.157 e. The lowest BCUT2D eigenvalue weighted by molar-refractivity contribution is -0.156. The molecule has 4 heteroatoms. The van der Waals surface area contributed by atoms with Gasteiger partial charge in [-0.2, -0.15) is 0 Å². The highest BCUT2D eigenvalue weighted by Crippen LogP contribution is 2.44. The molecule has 1 saturated heterocycles. The number of hydrogen-bond acceptors (Lipinski definition) is 4. The Bertz CT molecular complexity index is 297. The number of ether oxygens (including phenoxy) is 2. The Hall–Kier alpha value is -0.160. The number of hydrogen-bond donors (Lipinski definition) is 2. The SMILES string of the molecule is CC.CC1CCC2CCCC(C(C)C(O)OCCCO)C2CO1. The van der Waals surface area contributed by atoms with Crippen molar-refractivity contribution >= 4 is 0 Å². The summed E-state index contributed by atoms with van der Waals surface area (Å²) >= 11 is 0. The normalized spacial score (nSPS) is 33.7. The molecule has 4 nitrogen and oxygen atoms in total. The summed E-state index contributed by atoms with van der Waals surface area (Å²) in [7, 11) is 0. The third-order valence-electron chi connectivity index (χ3n) is 5.50. The highest BCUT2D eigenvalue weighted by atomic mass is 16.6. The zero-order chi connectivity index (χ0) is 17.2. The molecule has 1 saturated carbocycles. The molecule has 0 spiro atoms. The first-order chi connectivity index (χ1) is 11.1. The van der Waals surface area contributed by atoms with Crippen LogP contribution in [-0.4, -0.2) is 42.4 Å². The maximum Gasteiger partial charge on any atom is 0.157 e. The van der Waals surface area contributed by atoms with Crippen molar-refractivity contribution in [2.24, 2.45) is 23.7 Å². The number of fused-ring (bicyclic) bond motifs is 1. The molecule has 0 amide bonds. The molecule has 1 aliphatic carbocycles. The Balaban J connectivity index is 0.00000127. The van der Waals surface area contributed by atoms with E-state index in [0.29, 0.717) is 31.0 Å². The van der Waals surface area contributed by atoms with Crippen LogP contribution in [0.4, 0.5) is 0 Å². The van der Waals surface area contributed by atoms with Gasteiger partial charge in [-0.15, -0.1) is 0 Å². The van der Waals surface area contributed by atoms with Crippen LogP contribution in [0.3, 0.4) is 0 Å². The summed E-state index contributed by atoms with van der Waals surface area (Å²) in [5.74, 6) is 1.93. The summed E-state index contributed by atoms with van der Waals surface area (Å²) in [5.41, 5.74) is 0. The molecule has 23 heavy (non-hydrogen) atoms. The minimum absolute atomic E-state index is 0.112. The van der Waals surface area contributed by atoms with Crippen molar-refractivity contribution < 1.29 is 19.7 Å². The summed E-state index contributed by atoms with van der Waals surface area (Å²) in [4.78, 5) is 0. The highest BCUT2D eigenvalue weighted by molar-refractivity contribution is 4.87. The predicted molar refractivity (Wildman–Crippen MR) is 93.1 cm³/mol. The van der Waals surface area contributed by atoms with E-state index in [1.165, 1.54) is 25.7 Å². The van der Waals surface area contributed by atoms with Crippen LogP contribution >= 0.6 is 0 Å². The van der Waals surface area contributed by atoms with E-state index in [0.717, 1.165) is 18.9 Å². The lowest BCUT2D eigenvalue weighted by atomic mass is 9.66. The van der Waals surface area contributed by atoms with E-state index in [1.54, 1.807) is 0 Å². The lowest BCUT2D eigenvalue weighted by Gasteiger charge is -2.41. The number of aliphatic hydroxyl groups is 2. The van der Waals surface area contributed by atoms with Crippen molar-refractivity contribution in [1.29, 1.82) is 0 Å². The van der Waals surface area contributed by atoms with Crippen LogP contribution in [0.2, 0.25) is 0 Å². The summed E-state index contributed by atoms with van der Waals surface area (Å²) in [6, 6.07) is 0. The highest BCUT2D eigenvalue weighted by Gasteiger charge is 2.40. The Morgan fingerprint density at radius 1 is 1.17 bits per heavy atom. The number of rotatable bonds is 6. The van der Waals surface area contributed by atoms with Gasteiger partial charge in [0.15, 0.2) is 6.29 Å². The quantitative estimate of drug-likeness (QED) is 0.577. The number of aliphatic hydroxyl groups excluding tert-OH is 2. The lowest BCUT2D eigenvalue weighted by Crippen LogP contribution is -2.39. The molecule has 0 aromatic rings. The zero-order valence-electron chi connectivity index (χ0n) is 15.5. The van der Waals surface area contributed by atoms with Gasteiger partial charge in [0.2, 0.25) is 0 Å². The molecule has 1 heterocycles. The van der Waals surface area contributed by atoms with Gasteiger partial charge in [-0.05, 0) is 50.4 Å². The molecule has 0 aromatic heterocycles. The van der Waals surface area contributed by atoms with E-state index >= 15 is 0 Å². The van der Waals surface area contributed by atoms with E-state index < -0.39 is 6.29 Å². The maximum absolute atomic E-state index is 10.3. The van der Waals surface area contributed by atoms with Gasteiger partial charge < -0.3 is 19.7 Å². The molecule has 2 aliphatic rings. The molecule has 2 N–H and O–H groups in total. The summed E-state index contributed by atoms with van der Waals surface area (Å²) in [6.07, 6.45) is 6.40. The first-order valence-electron chi connectivity index (χ1n) is 9.65. The molecule has 6 atom stereocenters. The van der Waals surface area contributed by atoms with Crippen LogP contribution in [0.5, 0.6) is 0 Å². The van der Waals surface area contributed by atoms with Gasteiger partial charge in [0.05, 0.1) is 19.3 Å². The second-order valence-corrected chi connectivity index (χ2v) is 6.94. The fourth-order valence-electron chi connectivity index (χ4n) is 4.10. The van der Waals surface area contributed by atoms with E-state index in [-0.39, 0.29) is 12.5 Å². The third-order valence-corrected chi connectivity index (χ3v) is 5.50. The molecule has 6 unspecified atom stereocenters. The Kier molecular flexibility index (Phi) is 10.4. The van der Waals surface area contributed by atoms with E-state index in [9.17, 15) is 5.11 Å². The van der Waals surface area contributed by atoms with Crippen molar-refractivity contribution in [3.63, 3.8) is 0 Å². The Morgan fingerprint density at radius 2 is 1.91 bits per heavy atom. The van der Waals surface area contributed by atoms with E-state index in [2.05, 4.69) is 13.8 Å². The van der Waals surface area contributed by atoms with Crippen LogP contribution in [0, 0.1) is 23.7 Å². The van der Waals surface area contributed by atoms with Crippen molar-refractivity contribution in [2.45, 2.75) is 78.6 Å². The maximum atomic E-state index is 10.3. The van der Waals surface area contributed by atoms with Gasteiger partial charge in [0.1, 0.15) is 0 Å². The molecule has 0 aromatic carbocycles. The molecular weight excluding hydrogens is 292 g/mol. The van der Waals surface area contributed by atoms with E-state index in [1.807, 2.05) is 13.8 Å². The minimum atomic E-state index is -0.721. The van der Waals surface area contributed by atoms with Crippen LogP contribution in [0.15, 0.2) is 0 Å². The minimum Gasteiger partial charge on any atom is -0.396 e. The van der Waals surface area contributed by atoms with Crippen molar-refractivity contribution in [3.05, 3.63) is 0 Å².